The molecule has 0 radical (unpaired) electrons. The zero-order valence-corrected chi connectivity index (χ0v) is 13.3. The van der Waals surface area contributed by atoms with Crippen molar-refractivity contribution in [1.82, 2.24) is 9.78 Å². The molecule has 1 aromatic rings. The molecule has 0 spiro atoms. The summed E-state index contributed by atoms with van der Waals surface area (Å²) in [4.78, 5) is 24.2. The second kappa shape index (κ2) is 7.81. The van der Waals surface area contributed by atoms with E-state index in [4.69, 9.17) is 9.47 Å². The molecular formula is C15H24N2O4. The van der Waals surface area contributed by atoms with Gasteiger partial charge in [0.1, 0.15) is 0 Å². The molecule has 1 aromatic heterocycles. The van der Waals surface area contributed by atoms with Gasteiger partial charge in [0.25, 0.3) is 0 Å². The van der Waals surface area contributed by atoms with E-state index in [1.165, 1.54) is 0 Å². The molecule has 6 nitrogen and oxygen atoms in total. The summed E-state index contributed by atoms with van der Waals surface area (Å²) >= 11 is 0. The SMILES string of the molecule is CC(C)OC(=O)C(CCc1ccnn1C)C(=O)OC(C)C. The molecule has 0 unspecified atom stereocenters. The van der Waals surface area contributed by atoms with Gasteiger partial charge in [-0.3, -0.25) is 14.3 Å². The van der Waals surface area contributed by atoms with Crippen LogP contribution >= 0.6 is 0 Å². The number of esters is 2. The van der Waals surface area contributed by atoms with Crippen molar-refractivity contribution in [3.63, 3.8) is 0 Å². The molecule has 0 atom stereocenters. The van der Waals surface area contributed by atoms with E-state index >= 15 is 0 Å². The number of aromatic nitrogens is 2. The van der Waals surface area contributed by atoms with Gasteiger partial charge in [-0.25, -0.2) is 0 Å². The minimum atomic E-state index is -0.898. The van der Waals surface area contributed by atoms with Crippen molar-refractivity contribution in [1.29, 1.82) is 0 Å². The maximum absolute atomic E-state index is 12.1. The largest absolute Gasteiger partial charge is 0.462 e. The van der Waals surface area contributed by atoms with E-state index in [1.54, 1.807) is 38.6 Å². The summed E-state index contributed by atoms with van der Waals surface area (Å²) in [6.07, 6.45) is 2.06. The topological polar surface area (TPSA) is 70.4 Å². The lowest BCUT2D eigenvalue weighted by Crippen LogP contribution is -2.31. The van der Waals surface area contributed by atoms with E-state index in [2.05, 4.69) is 5.10 Å². The van der Waals surface area contributed by atoms with Gasteiger partial charge in [-0.05, 0) is 46.6 Å². The molecule has 0 saturated heterocycles. The van der Waals surface area contributed by atoms with Crippen LogP contribution in [0, 0.1) is 5.92 Å². The smallest absolute Gasteiger partial charge is 0.320 e. The molecule has 6 heteroatoms. The molecule has 0 bridgehead atoms. The first-order valence-corrected chi connectivity index (χ1v) is 7.19. The third kappa shape index (κ3) is 5.57. The molecule has 118 valence electrons. The number of rotatable bonds is 7. The van der Waals surface area contributed by atoms with Crippen LogP contribution in [0.3, 0.4) is 0 Å². The van der Waals surface area contributed by atoms with Gasteiger partial charge in [0.15, 0.2) is 5.92 Å². The van der Waals surface area contributed by atoms with Gasteiger partial charge in [0, 0.05) is 18.9 Å². The molecular weight excluding hydrogens is 272 g/mol. The fraction of sp³-hybridized carbons (Fsp3) is 0.667. The molecule has 0 aliphatic heterocycles. The van der Waals surface area contributed by atoms with Crippen molar-refractivity contribution in [3.8, 4) is 0 Å². The molecule has 0 amide bonds. The summed E-state index contributed by atoms with van der Waals surface area (Å²) in [7, 11) is 1.82. The van der Waals surface area contributed by atoms with Gasteiger partial charge < -0.3 is 9.47 Å². The molecule has 0 aliphatic rings. The zero-order valence-electron chi connectivity index (χ0n) is 13.3. The highest BCUT2D eigenvalue weighted by molar-refractivity contribution is 5.95. The van der Waals surface area contributed by atoms with E-state index in [0.717, 1.165) is 5.69 Å². The molecule has 1 heterocycles. The van der Waals surface area contributed by atoms with Crippen LogP contribution in [0.25, 0.3) is 0 Å². The van der Waals surface area contributed by atoms with Crippen molar-refractivity contribution in [2.45, 2.75) is 52.7 Å². The van der Waals surface area contributed by atoms with E-state index in [-0.39, 0.29) is 12.2 Å². The van der Waals surface area contributed by atoms with Crippen LogP contribution in [-0.4, -0.2) is 33.9 Å². The molecule has 0 fully saturated rings. The first-order chi connectivity index (χ1) is 9.81. The third-order valence-corrected chi connectivity index (χ3v) is 2.88. The van der Waals surface area contributed by atoms with Crippen LogP contribution in [0.15, 0.2) is 12.3 Å². The fourth-order valence-electron chi connectivity index (χ4n) is 1.90. The Bertz CT molecular complexity index is 458. The summed E-state index contributed by atoms with van der Waals surface area (Å²) in [5.41, 5.74) is 0.953. The standard InChI is InChI=1S/C15H24N2O4/c1-10(2)20-14(18)13(15(19)21-11(3)4)7-6-12-8-9-16-17(12)5/h8-11,13H,6-7H2,1-5H3. The Labute approximate surface area is 125 Å². The summed E-state index contributed by atoms with van der Waals surface area (Å²) in [6, 6.07) is 1.86. The van der Waals surface area contributed by atoms with Crippen LogP contribution in [-0.2, 0) is 32.5 Å². The van der Waals surface area contributed by atoms with Gasteiger partial charge in [-0.2, -0.15) is 5.10 Å². The normalized spacial score (nSPS) is 11.2. The van der Waals surface area contributed by atoms with Crippen LogP contribution in [0.1, 0.15) is 39.8 Å². The lowest BCUT2D eigenvalue weighted by Gasteiger charge is -2.18. The average molecular weight is 296 g/mol. The number of nitrogens with zero attached hydrogens (tertiary/aromatic N) is 2. The van der Waals surface area contributed by atoms with Crippen molar-refractivity contribution in [2.75, 3.05) is 0 Å². The highest BCUT2D eigenvalue weighted by atomic mass is 16.6. The predicted octanol–water partition coefficient (Wildman–Crippen LogP) is 1.87. The lowest BCUT2D eigenvalue weighted by molar-refractivity contribution is -0.166. The first kappa shape index (κ1) is 17.2. The van der Waals surface area contributed by atoms with E-state index in [0.29, 0.717) is 12.8 Å². The minimum Gasteiger partial charge on any atom is -0.462 e. The second-order valence-electron chi connectivity index (χ2n) is 5.51. The first-order valence-electron chi connectivity index (χ1n) is 7.19. The Morgan fingerprint density at radius 2 is 1.67 bits per heavy atom. The second-order valence-corrected chi connectivity index (χ2v) is 5.51. The van der Waals surface area contributed by atoms with Crippen molar-refractivity contribution >= 4 is 11.9 Å². The average Bonchev–Trinajstić information content (AvgIpc) is 2.73. The van der Waals surface area contributed by atoms with Gasteiger partial charge >= 0.3 is 11.9 Å². The molecule has 21 heavy (non-hydrogen) atoms. The lowest BCUT2D eigenvalue weighted by atomic mass is 10.0. The molecule has 0 saturated carbocycles. The van der Waals surface area contributed by atoms with Crippen molar-refractivity contribution < 1.29 is 19.1 Å². The summed E-state index contributed by atoms with van der Waals surface area (Å²) < 4.78 is 12.0. The third-order valence-electron chi connectivity index (χ3n) is 2.88. The Hall–Kier alpha value is -1.85. The highest BCUT2D eigenvalue weighted by Gasteiger charge is 2.31. The summed E-state index contributed by atoms with van der Waals surface area (Å²) in [5.74, 6) is -1.96. The molecule has 0 aromatic carbocycles. The van der Waals surface area contributed by atoms with E-state index < -0.39 is 17.9 Å². The predicted molar refractivity (Wildman–Crippen MR) is 77.5 cm³/mol. The Kier molecular flexibility index (Phi) is 6.39. The van der Waals surface area contributed by atoms with Crippen LogP contribution < -0.4 is 0 Å². The number of ether oxygens (including phenoxy) is 2. The Balaban J connectivity index is 2.73. The Morgan fingerprint density at radius 3 is 2.05 bits per heavy atom. The highest BCUT2D eigenvalue weighted by Crippen LogP contribution is 2.15. The maximum atomic E-state index is 12.1. The van der Waals surface area contributed by atoms with Gasteiger partial charge in [-0.1, -0.05) is 0 Å². The van der Waals surface area contributed by atoms with Crippen molar-refractivity contribution in [3.05, 3.63) is 18.0 Å². The monoisotopic (exact) mass is 296 g/mol. The quantitative estimate of drug-likeness (QED) is 0.567. The van der Waals surface area contributed by atoms with Gasteiger partial charge in [0.05, 0.1) is 12.2 Å². The van der Waals surface area contributed by atoms with Gasteiger partial charge in [0.2, 0.25) is 0 Å². The molecule has 0 N–H and O–H groups in total. The number of carbonyl (C=O) groups excluding carboxylic acids is 2. The summed E-state index contributed by atoms with van der Waals surface area (Å²) in [6.45, 7) is 7.02. The number of aryl methyl sites for hydroxylation is 2. The Morgan fingerprint density at radius 1 is 1.14 bits per heavy atom. The number of hydrogen-bond acceptors (Lipinski definition) is 5. The van der Waals surface area contributed by atoms with Crippen LogP contribution in [0.2, 0.25) is 0 Å². The fourth-order valence-corrected chi connectivity index (χ4v) is 1.90. The molecule has 1 rings (SSSR count). The maximum Gasteiger partial charge on any atom is 0.320 e. The van der Waals surface area contributed by atoms with E-state index in [9.17, 15) is 9.59 Å². The number of hydrogen-bond donors (Lipinski definition) is 0. The van der Waals surface area contributed by atoms with Crippen LogP contribution in [0.4, 0.5) is 0 Å². The zero-order chi connectivity index (χ0) is 16.0. The van der Waals surface area contributed by atoms with E-state index in [1.807, 2.05) is 13.1 Å². The van der Waals surface area contributed by atoms with Crippen LogP contribution in [0.5, 0.6) is 0 Å². The molecule has 0 aliphatic carbocycles. The van der Waals surface area contributed by atoms with Gasteiger partial charge in [-0.15, -0.1) is 0 Å². The minimum absolute atomic E-state index is 0.261. The van der Waals surface area contributed by atoms with Crippen molar-refractivity contribution in [2.24, 2.45) is 13.0 Å². The number of carbonyl (C=O) groups is 2. The summed E-state index contributed by atoms with van der Waals surface area (Å²) in [5, 5.41) is 4.07.